The predicted molar refractivity (Wildman–Crippen MR) is 222 cm³/mol. The number of allylic oxidation sites excluding steroid dienone is 1. The van der Waals surface area contributed by atoms with Gasteiger partial charge in [-0.25, -0.2) is 5.01 Å². The summed E-state index contributed by atoms with van der Waals surface area (Å²) in [4.78, 5) is -0.464. The number of hydrogen-bond donors (Lipinski definition) is 4. The van der Waals surface area contributed by atoms with Gasteiger partial charge in [-0.2, -0.15) is 35.5 Å². The summed E-state index contributed by atoms with van der Waals surface area (Å²) in [5, 5.41) is 40.6. The highest BCUT2D eigenvalue weighted by Gasteiger charge is 2.33. The summed E-state index contributed by atoms with van der Waals surface area (Å²) in [6.07, 6.45) is 1.67. The van der Waals surface area contributed by atoms with Crippen LogP contribution in [0.5, 0.6) is 11.5 Å². The zero-order valence-electron chi connectivity index (χ0n) is 32.8. The number of aryl methyl sites for hydroxylation is 2. The van der Waals surface area contributed by atoms with Gasteiger partial charge in [0, 0.05) is 18.3 Å². The molecule has 4 N–H and O–H groups in total. The van der Waals surface area contributed by atoms with Crippen molar-refractivity contribution in [3.8, 4) is 11.5 Å². The molecule has 0 saturated carbocycles. The SMILES string of the molecule is CC1=CN2Cc3ccccc3N2C(O)=C1N=Nc1cc(C)c(N=Nc2cc(C)c(N=Nc3ccccc3S(=O)(=O)O)cc2OCCCS(=O)(=O)O)cc1OCCCS(=O)(=O)O. The predicted octanol–water partition coefficient (Wildman–Crippen LogP) is 8.66. The van der Waals surface area contributed by atoms with Gasteiger partial charge in [-0.05, 0) is 86.2 Å². The molecule has 4 aromatic carbocycles. The Bertz CT molecular complexity index is 2850. The Morgan fingerprint density at radius 3 is 1.67 bits per heavy atom. The Morgan fingerprint density at radius 1 is 0.623 bits per heavy atom. The minimum atomic E-state index is -4.62. The molecular formula is C38H40N8O12S3. The molecule has 0 unspecified atom stereocenters. The molecule has 4 aromatic rings. The quantitative estimate of drug-likeness (QED) is 0.0438. The third-order valence-electron chi connectivity index (χ3n) is 9.03. The molecule has 23 heteroatoms. The topological polar surface area (TPSA) is 282 Å². The van der Waals surface area contributed by atoms with Crippen molar-refractivity contribution in [1.82, 2.24) is 5.01 Å². The molecule has 61 heavy (non-hydrogen) atoms. The molecule has 0 radical (unpaired) electrons. The molecular weight excluding hydrogens is 857 g/mol. The Kier molecular flexibility index (Phi) is 13.3. The van der Waals surface area contributed by atoms with Crippen LogP contribution >= 0.6 is 0 Å². The van der Waals surface area contributed by atoms with E-state index >= 15 is 0 Å². The van der Waals surface area contributed by atoms with E-state index in [0.717, 1.165) is 17.3 Å². The third-order valence-corrected chi connectivity index (χ3v) is 11.5. The lowest BCUT2D eigenvalue weighted by atomic mass is 10.1. The van der Waals surface area contributed by atoms with Crippen LogP contribution in [0.15, 0.2) is 132 Å². The number of hydrazine groups is 1. The van der Waals surface area contributed by atoms with E-state index in [4.69, 9.17) is 9.47 Å². The zero-order valence-corrected chi connectivity index (χ0v) is 35.3. The molecule has 0 saturated heterocycles. The third kappa shape index (κ3) is 11.4. The summed E-state index contributed by atoms with van der Waals surface area (Å²) in [6, 6.07) is 19.1. The summed E-state index contributed by atoms with van der Waals surface area (Å²) >= 11 is 0. The van der Waals surface area contributed by atoms with E-state index in [2.05, 4.69) is 30.7 Å². The number of para-hydroxylation sites is 1. The van der Waals surface area contributed by atoms with Gasteiger partial charge in [0.05, 0.1) is 48.3 Å². The molecule has 2 aliphatic heterocycles. The molecule has 0 fully saturated rings. The van der Waals surface area contributed by atoms with Crippen LogP contribution in [-0.4, -0.2) is 73.7 Å². The van der Waals surface area contributed by atoms with Gasteiger partial charge in [-0.3, -0.25) is 18.7 Å². The van der Waals surface area contributed by atoms with Gasteiger partial charge in [0.15, 0.2) is 5.70 Å². The Hall–Kier alpha value is -6.11. The number of ether oxygens (including phenoxy) is 2. The number of azo groups is 3. The molecule has 0 bridgehead atoms. The van der Waals surface area contributed by atoms with Gasteiger partial charge in [0.25, 0.3) is 30.4 Å². The number of fused-ring (bicyclic) bond motifs is 3. The van der Waals surface area contributed by atoms with Crippen molar-refractivity contribution in [2.24, 2.45) is 30.7 Å². The molecule has 322 valence electrons. The normalized spacial score (nSPS) is 14.6. The number of aliphatic hydroxyl groups excluding tert-OH is 1. The van der Waals surface area contributed by atoms with E-state index in [1.807, 2.05) is 35.5 Å². The summed E-state index contributed by atoms with van der Waals surface area (Å²) in [7, 11) is -13.2. The van der Waals surface area contributed by atoms with Crippen LogP contribution < -0.4 is 14.5 Å². The molecule has 0 aliphatic carbocycles. The average Bonchev–Trinajstić information content (AvgIpc) is 3.55. The molecule has 0 atom stereocenters. The Morgan fingerprint density at radius 2 is 1.11 bits per heavy atom. The van der Waals surface area contributed by atoms with E-state index < -0.39 is 46.8 Å². The van der Waals surface area contributed by atoms with Crippen LogP contribution in [0.2, 0.25) is 0 Å². The smallest absolute Gasteiger partial charge is 0.296 e. The van der Waals surface area contributed by atoms with Crippen molar-refractivity contribution in [1.29, 1.82) is 0 Å². The van der Waals surface area contributed by atoms with Crippen molar-refractivity contribution in [2.75, 3.05) is 29.7 Å². The maximum Gasteiger partial charge on any atom is 0.296 e. The number of aliphatic hydroxyl groups is 1. The Labute approximate surface area is 351 Å². The standard InChI is InChI=1S/C38H40N8O12S3/c1-24-18-31(34(57-14-8-16-59(48,49)50)20-29(24)40-39-28-11-5-7-13-36(28)61(54,55)56)42-41-30-21-35(58-15-9-17-60(51,52)53)32(19-25(30)2)43-44-37-26(3)22-45-23-27-10-4-6-12-33(27)46(45)38(37)47/h4-7,10-13,18-22,47H,8-9,14-17,23H2,1-3H3,(H,48,49,50)(H,51,52,53)(H,54,55,56). The van der Waals surface area contributed by atoms with Crippen LogP contribution in [0.4, 0.5) is 34.1 Å². The second-order valence-electron chi connectivity index (χ2n) is 13.8. The first-order chi connectivity index (χ1) is 28.8. The number of benzene rings is 4. The van der Waals surface area contributed by atoms with Crippen molar-refractivity contribution in [2.45, 2.75) is 45.1 Å². The van der Waals surface area contributed by atoms with Crippen molar-refractivity contribution in [3.05, 3.63) is 113 Å². The first-order valence-electron chi connectivity index (χ1n) is 18.3. The van der Waals surface area contributed by atoms with Gasteiger partial charge in [0.2, 0.25) is 5.88 Å². The molecule has 6 rings (SSSR count). The first-order valence-corrected chi connectivity index (χ1v) is 23.0. The van der Waals surface area contributed by atoms with Crippen LogP contribution in [0.25, 0.3) is 0 Å². The summed E-state index contributed by atoms with van der Waals surface area (Å²) in [6.45, 7) is 5.35. The van der Waals surface area contributed by atoms with Crippen LogP contribution in [0.1, 0.15) is 36.5 Å². The minimum Gasteiger partial charge on any atom is -0.492 e. The fourth-order valence-corrected chi connectivity index (χ4v) is 7.70. The van der Waals surface area contributed by atoms with Crippen molar-refractivity contribution >= 4 is 64.5 Å². The fourth-order valence-electron chi connectivity index (χ4n) is 6.11. The average molecular weight is 897 g/mol. The lowest BCUT2D eigenvalue weighted by molar-refractivity contribution is 0.281. The molecule has 0 amide bonds. The summed E-state index contributed by atoms with van der Waals surface area (Å²) in [5.41, 5.74) is 4.31. The molecule has 2 heterocycles. The van der Waals surface area contributed by atoms with Gasteiger partial charge in [-0.15, -0.1) is 20.5 Å². The molecule has 0 spiro atoms. The lowest BCUT2D eigenvalue weighted by Gasteiger charge is -2.32. The minimum absolute atomic E-state index is 0.0645. The highest BCUT2D eigenvalue weighted by Crippen LogP contribution is 2.42. The zero-order chi connectivity index (χ0) is 44.1. The van der Waals surface area contributed by atoms with Crippen LogP contribution in [-0.2, 0) is 36.9 Å². The number of nitrogens with zero attached hydrogens (tertiary/aromatic N) is 8. The number of hydrogen-bond acceptors (Lipinski definition) is 17. The van der Waals surface area contributed by atoms with Crippen molar-refractivity contribution in [3.63, 3.8) is 0 Å². The number of rotatable bonds is 17. The highest BCUT2D eigenvalue weighted by molar-refractivity contribution is 7.86. The highest BCUT2D eigenvalue weighted by atomic mass is 32.2. The van der Waals surface area contributed by atoms with Gasteiger partial charge in [0.1, 0.15) is 33.5 Å². The maximum atomic E-state index is 11.9. The second kappa shape index (κ2) is 18.2. The lowest BCUT2D eigenvalue weighted by Crippen LogP contribution is -2.36. The van der Waals surface area contributed by atoms with E-state index in [9.17, 15) is 44.0 Å². The van der Waals surface area contributed by atoms with Crippen LogP contribution in [0, 0.1) is 13.8 Å². The molecule has 2 aliphatic rings. The fraction of sp³-hybridized carbons (Fsp3) is 0.263. The Balaban J connectivity index is 1.34. The second-order valence-corrected chi connectivity index (χ2v) is 18.3. The van der Waals surface area contributed by atoms with E-state index in [-0.39, 0.29) is 77.6 Å². The molecule has 20 nitrogen and oxygen atoms in total. The first kappa shape index (κ1) is 44.4. The monoisotopic (exact) mass is 896 g/mol. The van der Waals surface area contributed by atoms with E-state index in [1.165, 1.54) is 36.4 Å². The van der Waals surface area contributed by atoms with Gasteiger partial charge < -0.3 is 14.6 Å². The van der Waals surface area contributed by atoms with E-state index in [1.54, 1.807) is 31.8 Å². The van der Waals surface area contributed by atoms with E-state index in [0.29, 0.717) is 23.2 Å². The van der Waals surface area contributed by atoms with Crippen LogP contribution in [0.3, 0.4) is 0 Å². The maximum absolute atomic E-state index is 11.9. The van der Waals surface area contributed by atoms with Crippen molar-refractivity contribution < 1.29 is 53.5 Å². The number of anilines is 1. The largest absolute Gasteiger partial charge is 0.492 e. The summed E-state index contributed by atoms with van der Waals surface area (Å²) in [5.74, 6) is -1.11. The molecule has 0 aromatic heterocycles. The van der Waals surface area contributed by atoms with Gasteiger partial charge in [-0.1, -0.05) is 30.3 Å². The van der Waals surface area contributed by atoms with Gasteiger partial charge >= 0.3 is 0 Å². The summed E-state index contributed by atoms with van der Waals surface area (Å²) < 4.78 is 109.